The summed E-state index contributed by atoms with van der Waals surface area (Å²) >= 11 is 0. The van der Waals surface area contributed by atoms with E-state index in [0.29, 0.717) is 0 Å². The Morgan fingerprint density at radius 1 is 0.625 bits per heavy atom. The van der Waals surface area contributed by atoms with Gasteiger partial charge in [0.05, 0.1) is 0 Å². The molecule has 0 unspecified atom stereocenters. The molecule has 0 atom stereocenters. The van der Waals surface area contributed by atoms with Crippen molar-refractivity contribution in [1.82, 2.24) is 0 Å². The zero-order valence-electron chi connectivity index (χ0n) is 3.47. The largest absolute Gasteiger partial charge is 0.400 e. The third-order valence-corrected chi connectivity index (χ3v) is 0. The normalized spacial score (nSPS) is 1.50. The molecule has 0 heterocycles. The van der Waals surface area contributed by atoms with E-state index < -0.39 is 0 Å². The van der Waals surface area contributed by atoms with E-state index in [0.717, 1.165) is 14.2 Å². The van der Waals surface area contributed by atoms with Crippen molar-refractivity contribution in [3.05, 3.63) is 0 Å². The van der Waals surface area contributed by atoms with E-state index >= 15 is 0 Å². The quantitative estimate of drug-likeness (QED) is 0.616. The average Bonchev–Trinajstić information content (AvgIpc) is 1.50. The van der Waals surface area contributed by atoms with Crippen LogP contribution in [0, 0.1) is 0 Å². The van der Waals surface area contributed by atoms with E-state index in [1.807, 2.05) is 0 Å². The maximum Gasteiger partial charge on any atom is 0.0319 e. The first kappa shape index (κ1) is 63.5. The van der Waals surface area contributed by atoms with Gasteiger partial charge in [-0.3, -0.25) is 0 Å². The molecule has 0 aliphatic heterocycles. The summed E-state index contributed by atoms with van der Waals surface area (Å²) in [5.41, 5.74) is 0. The molecule has 0 fully saturated rings. The van der Waals surface area contributed by atoms with Crippen LogP contribution in [0.2, 0.25) is 0 Å². The molecule has 0 aromatic heterocycles. The van der Waals surface area contributed by atoms with Crippen molar-refractivity contribution in [2.24, 2.45) is 0 Å². The molecule has 1 radical (unpaired) electrons. The van der Waals surface area contributed by atoms with E-state index in [1.54, 1.807) is 0 Å². The van der Waals surface area contributed by atoms with Gasteiger partial charge in [-0.15, -0.1) is 0 Å². The summed E-state index contributed by atoms with van der Waals surface area (Å²) in [5, 5.41) is 14.0. The maximum absolute atomic E-state index is 7.00. The summed E-state index contributed by atoms with van der Waals surface area (Å²) in [6.07, 6.45) is 0. The molecule has 0 spiro atoms. The van der Waals surface area contributed by atoms with Gasteiger partial charge in [-0.25, -0.2) is 0 Å². The number of aliphatic hydroxyl groups excluding tert-OH is 2. The Labute approximate surface area is 79.2 Å². The zero-order chi connectivity index (χ0) is 4.00. The molecule has 55 valence electrons. The molecule has 0 aliphatic rings. The molecule has 2 nitrogen and oxygen atoms in total. The molecule has 0 aromatic rings. The van der Waals surface area contributed by atoms with Crippen molar-refractivity contribution in [2.75, 3.05) is 14.2 Å². The molecule has 3 heteroatoms. The van der Waals surface area contributed by atoms with Crippen LogP contribution in [0.1, 0.15) is 22.3 Å². The van der Waals surface area contributed by atoms with E-state index in [9.17, 15) is 0 Å². The number of hydrogen-bond donors (Lipinski definition) is 2. The second-order valence-corrected chi connectivity index (χ2v) is 0. The molecule has 0 saturated carbocycles. The van der Waals surface area contributed by atoms with Crippen molar-refractivity contribution in [3.8, 4) is 0 Å². The van der Waals surface area contributed by atoms with Gasteiger partial charge in [0.1, 0.15) is 0 Å². The maximum atomic E-state index is 7.00. The van der Waals surface area contributed by atoms with Gasteiger partial charge in [0.15, 0.2) is 0 Å². The van der Waals surface area contributed by atoms with Crippen LogP contribution in [0.3, 0.4) is 0 Å². The molecule has 0 saturated heterocycles. The molecule has 0 rings (SSSR count). The molecule has 0 amide bonds. The molecule has 8 heavy (non-hydrogen) atoms. The molecule has 0 bridgehead atoms. The minimum Gasteiger partial charge on any atom is -0.400 e. The van der Waals surface area contributed by atoms with Gasteiger partial charge < -0.3 is 10.2 Å². The Morgan fingerprint density at radius 2 is 0.625 bits per heavy atom. The van der Waals surface area contributed by atoms with Crippen molar-refractivity contribution in [3.63, 3.8) is 0 Å². The summed E-state index contributed by atoms with van der Waals surface area (Å²) in [6, 6.07) is 0. The summed E-state index contributed by atoms with van der Waals surface area (Å²) in [5.74, 6) is 0. The fourth-order valence-corrected chi connectivity index (χ4v) is 0. The van der Waals surface area contributed by atoms with Crippen LogP contribution < -0.4 is 0 Å². The summed E-state index contributed by atoms with van der Waals surface area (Å²) < 4.78 is 0. The van der Waals surface area contributed by atoms with E-state index in [1.165, 1.54) is 0 Å². The Kier molecular flexibility index (Phi) is 3000. The molecule has 2 N–H and O–H groups in total. The first-order valence-electron chi connectivity index (χ1n) is 0.894. The Morgan fingerprint density at radius 3 is 0.625 bits per heavy atom. The standard InChI is InChI=1S/2CH4O.3CH4.Y/c2*1-2;;;;/h2*2H,1H3;3*1H4;. The van der Waals surface area contributed by atoms with Gasteiger partial charge >= 0.3 is 0 Å². The predicted molar refractivity (Wildman–Crippen MR) is 36.5 cm³/mol. The first-order chi connectivity index (χ1) is 2.00. The van der Waals surface area contributed by atoms with Crippen LogP contribution >= 0.6 is 0 Å². The van der Waals surface area contributed by atoms with Gasteiger partial charge in [-0.05, 0) is 0 Å². The third-order valence-electron chi connectivity index (χ3n) is 0. The van der Waals surface area contributed by atoms with Crippen LogP contribution in [0.4, 0.5) is 0 Å². The molecule has 0 aliphatic carbocycles. The summed E-state index contributed by atoms with van der Waals surface area (Å²) in [7, 11) is 2.00. The predicted octanol–water partition coefficient (Wildman–Crippen LogP) is 1.12. The number of hydrogen-bond acceptors (Lipinski definition) is 2. The summed E-state index contributed by atoms with van der Waals surface area (Å²) in [6.45, 7) is 0. The zero-order valence-corrected chi connectivity index (χ0v) is 6.31. The fraction of sp³-hybridized carbons (Fsp3) is 1.00. The fourth-order valence-electron chi connectivity index (χ4n) is 0. The third kappa shape index (κ3) is 243. The van der Waals surface area contributed by atoms with Crippen LogP contribution in [-0.2, 0) is 32.7 Å². The molecular formula is C5H20O2Y. The Hall–Kier alpha value is 1.02. The Bertz CT molecular complexity index is 10.4. The van der Waals surface area contributed by atoms with Gasteiger partial charge in [0.25, 0.3) is 0 Å². The van der Waals surface area contributed by atoms with Crippen molar-refractivity contribution < 1.29 is 42.9 Å². The van der Waals surface area contributed by atoms with E-state index in [4.69, 9.17) is 10.2 Å². The van der Waals surface area contributed by atoms with Gasteiger partial charge in [0, 0.05) is 46.9 Å². The van der Waals surface area contributed by atoms with Gasteiger partial charge in [-0.1, -0.05) is 22.3 Å². The van der Waals surface area contributed by atoms with Crippen molar-refractivity contribution >= 4 is 0 Å². The van der Waals surface area contributed by atoms with Crippen LogP contribution in [-0.4, -0.2) is 24.4 Å². The van der Waals surface area contributed by atoms with Crippen LogP contribution in [0.5, 0.6) is 0 Å². The van der Waals surface area contributed by atoms with Crippen molar-refractivity contribution in [1.29, 1.82) is 0 Å². The minimum absolute atomic E-state index is 0. The van der Waals surface area contributed by atoms with E-state index in [2.05, 4.69) is 0 Å². The topological polar surface area (TPSA) is 40.5 Å². The second kappa shape index (κ2) is 378. The molecule has 0 aromatic carbocycles. The number of aliphatic hydroxyl groups is 2. The van der Waals surface area contributed by atoms with Gasteiger partial charge in [0.2, 0.25) is 0 Å². The minimum atomic E-state index is 0. The second-order valence-electron chi connectivity index (χ2n) is 0. The smallest absolute Gasteiger partial charge is 0.0319 e. The average molecular weight is 201 g/mol. The first-order valence-corrected chi connectivity index (χ1v) is 0.894. The van der Waals surface area contributed by atoms with E-state index in [-0.39, 0.29) is 55.0 Å². The Balaban J connectivity index is -0.00000000167. The van der Waals surface area contributed by atoms with Crippen molar-refractivity contribution in [2.45, 2.75) is 22.3 Å². The van der Waals surface area contributed by atoms with Crippen LogP contribution in [0.15, 0.2) is 0 Å². The SMILES string of the molecule is C.C.C.CO.CO.[Y]. The summed E-state index contributed by atoms with van der Waals surface area (Å²) in [4.78, 5) is 0. The number of rotatable bonds is 0. The monoisotopic (exact) mass is 201 g/mol. The molecular weight excluding hydrogens is 181 g/mol. The van der Waals surface area contributed by atoms with Gasteiger partial charge in [-0.2, -0.15) is 0 Å². The van der Waals surface area contributed by atoms with Crippen LogP contribution in [0.25, 0.3) is 0 Å².